The van der Waals surface area contributed by atoms with Crippen molar-refractivity contribution in [3.8, 4) is 0 Å². The third-order valence-corrected chi connectivity index (χ3v) is 2.48. The van der Waals surface area contributed by atoms with Crippen molar-refractivity contribution in [3.63, 3.8) is 0 Å². The van der Waals surface area contributed by atoms with Crippen molar-refractivity contribution in [2.24, 2.45) is 5.41 Å². The van der Waals surface area contributed by atoms with Crippen LogP contribution < -0.4 is 5.32 Å². The lowest BCUT2D eigenvalue weighted by molar-refractivity contribution is -0.135. The Morgan fingerprint density at radius 2 is 1.67 bits per heavy atom. The third kappa shape index (κ3) is 2.65. The van der Waals surface area contributed by atoms with Crippen LogP contribution in [0.4, 0.5) is 5.69 Å². The van der Waals surface area contributed by atoms with E-state index in [4.69, 9.17) is 0 Å². The van der Waals surface area contributed by atoms with Crippen molar-refractivity contribution in [3.05, 3.63) is 30.3 Å². The van der Waals surface area contributed by atoms with Gasteiger partial charge in [0.25, 0.3) is 0 Å². The molecule has 3 nitrogen and oxygen atoms in total. The monoisotopic (exact) mass is 205 g/mol. The maximum absolute atomic E-state index is 11.7. The minimum absolute atomic E-state index is 0.143. The molecule has 0 bridgehead atoms. The molecule has 0 radical (unpaired) electrons. The molecule has 0 atom stereocenters. The minimum Gasteiger partial charge on any atom is -0.325 e. The van der Waals surface area contributed by atoms with Crippen LogP contribution in [-0.4, -0.2) is 11.7 Å². The summed E-state index contributed by atoms with van der Waals surface area (Å²) in [5.41, 5.74) is -0.271. The Labute approximate surface area is 89.5 Å². The first-order valence-corrected chi connectivity index (χ1v) is 4.82. The lowest BCUT2D eigenvalue weighted by Crippen LogP contribution is -2.36. The van der Waals surface area contributed by atoms with Crippen LogP contribution >= 0.6 is 0 Å². The van der Waals surface area contributed by atoms with Gasteiger partial charge in [-0.3, -0.25) is 9.59 Å². The summed E-state index contributed by atoms with van der Waals surface area (Å²) in [6.45, 7) is 4.66. The number of ketones is 1. The van der Waals surface area contributed by atoms with Gasteiger partial charge in [-0.05, 0) is 32.9 Å². The van der Waals surface area contributed by atoms with Crippen molar-refractivity contribution < 1.29 is 9.59 Å². The van der Waals surface area contributed by atoms with E-state index in [9.17, 15) is 9.59 Å². The lowest BCUT2D eigenvalue weighted by Gasteiger charge is -2.19. The molecule has 0 aliphatic carbocycles. The minimum atomic E-state index is -0.976. The Morgan fingerprint density at radius 1 is 1.13 bits per heavy atom. The van der Waals surface area contributed by atoms with Gasteiger partial charge in [0.2, 0.25) is 5.91 Å². The molecule has 0 saturated carbocycles. The summed E-state index contributed by atoms with van der Waals surface area (Å²) in [5, 5.41) is 2.70. The molecule has 0 fully saturated rings. The van der Waals surface area contributed by atoms with Crippen LogP contribution in [0.25, 0.3) is 0 Å². The number of hydrogen-bond donors (Lipinski definition) is 1. The van der Waals surface area contributed by atoms with Gasteiger partial charge < -0.3 is 5.32 Å². The number of para-hydroxylation sites is 1. The molecule has 0 unspecified atom stereocenters. The van der Waals surface area contributed by atoms with Gasteiger partial charge in [0, 0.05) is 5.69 Å². The van der Waals surface area contributed by atoms with E-state index in [1.54, 1.807) is 26.0 Å². The zero-order valence-electron chi connectivity index (χ0n) is 9.20. The molecule has 0 aromatic heterocycles. The Hall–Kier alpha value is -1.64. The van der Waals surface area contributed by atoms with Gasteiger partial charge >= 0.3 is 0 Å². The molecular weight excluding hydrogens is 190 g/mol. The van der Waals surface area contributed by atoms with Gasteiger partial charge in [0.15, 0.2) is 0 Å². The van der Waals surface area contributed by atoms with E-state index in [0.717, 1.165) is 0 Å². The van der Waals surface area contributed by atoms with E-state index in [0.29, 0.717) is 5.69 Å². The number of Topliss-reactive ketones (excluding diaryl/α,β-unsaturated/α-hetero) is 1. The van der Waals surface area contributed by atoms with Crippen LogP contribution in [0.2, 0.25) is 0 Å². The molecule has 3 heteroatoms. The summed E-state index contributed by atoms with van der Waals surface area (Å²) in [6.07, 6.45) is 0. The molecule has 80 valence electrons. The highest BCUT2D eigenvalue weighted by Gasteiger charge is 2.32. The van der Waals surface area contributed by atoms with Crippen molar-refractivity contribution >= 4 is 17.4 Å². The Balaban J connectivity index is 2.77. The van der Waals surface area contributed by atoms with Crippen LogP contribution in [0.15, 0.2) is 30.3 Å². The first-order valence-electron chi connectivity index (χ1n) is 4.82. The van der Waals surface area contributed by atoms with E-state index in [1.807, 2.05) is 18.2 Å². The standard InChI is InChI=1S/C12H15NO2/c1-9(14)12(2,3)11(15)13-10-7-5-4-6-8-10/h4-8H,1-3H3,(H,13,15). The summed E-state index contributed by atoms with van der Waals surface area (Å²) in [4.78, 5) is 23.0. The molecule has 15 heavy (non-hydrogen) atoms. The van der Waals surface area contributed by atoms with E-state index in [2.05, 4.69) is 5.32 Å². The highest BCUT2D eigenvalue weighted by Crippen LogP contribution is 2.19. The second kappa shape index (κ2) is 4.26. The summed E-state index contributed by atoms with van der Waals surface area (Å²) >= 11 is 0. The number of nitrogens with one attached hydrogen (secondary N) is 1. The van der Waals surface area contributed by atoms with Crippen molar-refractivity contribution in [2.45, 2.75) is 20.8 Å². The number of anilines is 1. The van der Waals surface area contributed by atoms with Crippen LogP contribution in [0.1, 0.15) is 20.8 Å². The number of carbonyl (C=O) groups is 2. The molecular formula is C12H15NO2. The number of amides is 1. The SMILES string of the molecule is CC(=O)C(C)(C)C(=O)Nc1ccccc1. The zero-order chi connectivity index (χ0) is 11.5. The summed E-state index contributed by atoms with van der Waals surface area (Å²) < 4.78 is 0. The van der Waals surface area contributed by atoms with Crippen molar-refractivity contribution in [1.82, 2.24) is 0 Å². The Morgan fingerprint density at radius 3 is 2.13 bits per heavy atom. The molecule has 0 saturated heterocycles. The number of rotatable bonds is 3. The molecule has 1 N–H and O–H groups in total. The summed E-state index contributed by atoms with van der Waals surface area (Å²) in [6, 6.07) is 9.10. The fraction of sp³-hybridized carbons (Fsp3) is 0.333. The average molecular weight is 205 g/mol. The van der Waals surface area contributed by atoms with E-state index < -0.39 is 5.41 Å². The van der Waals surface area contributed by atoms with Gasteiger partial charge in [0.1, 0.15) is 11.2 Å². The summed E-state index contributed by atoms with van der Waals surface area (Å²) in [5.74, 6) is -0.419. The average Bonchev–Trinajstić information content (AvgIpc) is 2.18. The molecule has 1 aromatic rings. The van der Waals surface area contributed by atoms with Gasteiger partial charge in [-0.1, -0.05) is 18.2 Å². The van der Waals surface area contributed by atoms with Gasteiger partial charge in [0.05, 0.1) is 0 Å². The molecule has 0 spiro atoms. The Kier molecular flexibility index (Phi) is 3.24. The third-order valence-electron chi connectivity index (χ3n) is 2.48. The number of benzene rings is 1. The second-order valence-electron chi connectivity index (χ2n) is 4.00. The van der Waals surface area contributed by atoms with Gasteiger partial charge in [-0.2, -0.15) is 0 Å². The van der Waals surface area contributed by atoms with Crippen molar-refractivity contribution in [2.75, 3.05) is 5.32 Å². The maximum Gasteiger partial charge on any atom is 0.237 e. The van der Waals surface area contributed by atoms with Crippen LogP contribution in [-0.2, 0) is 9.59 Å². The van der Waals surface area contributed by atoms with E-state index in [1.165, 1.54) is 6.92 Å². The fourth-order valence-corrected chi connectivity index (χ4v) is 0.969. The highest BCUT2D eigenvalue weighted by molar-refractivity contribution is 6.09. The number of carbonyl (C=O) groups excluding carboxylic acids is 2. The maximum atomic E-state index is 11.7. The lowest BCUT2D eigenvalue weighted by atomic mass is 9.88. The highest BCUT2D eigenvalue weighted by atomic mass is 16.2. The zero-order valence-corrected chi connectivity index (χ0v) is 9.20. The van der Waals surface area contributed by atoms with Crippen molar-refractivity contribution in [1.29, 1.82) is 0 Å². The van der Waals surface area contributed by atoms with E-state index >= 15 is 0 Å². The first kappa shape index (κ1) is 11.4. The van der Waals surface area contributed by atoms with Gasteiger partial charge in [-0.15, -0.1) is 0 Å². The Bertz CT molecular complexity index is 368. The van der Waals surface area contributed by atoms with Crippen LogP contribution in [0.3, 0.4) is 0 Å². The largest absolute Gasteiger partial charge is 0.325 e. The van der Waals surface area contributed by atoms with Crippen LogP contribution in [0, 0.1) is 5.41 Å². The predicted octanol–water partition coefficient (Wildman–Crippen LogP) is 2.24. The molecule has 0 heterocycles. The second-order valence-corrected chi connectivity index (χ2v) is 4.00. The number of hydrogen-bond acceptors (Lipinski definition) is 2. The smallest absolute Gasteiger partial charge is 0.237 e. The van der Waals surface area contributed by atoms with Gasteiger partial charge in [-0.25, -0.2) is 0 Å². The van der Waals surface area contributed by atoms with E-state index in [-0.39, 0.29) is 11.7 Å². The molecule has 1 aromatic carbocycles. The predicted molar refractivity (Wildman–Crippen MR) is 59.5 cm³/mol. The first-order chi connectivity index (χ1) is 6.94. The summed E-state index contributed by atoms with van der Waals surface area (Å²) in [7, 11) is 0. The fourth-order valence-electron chi connectivity index (χ4n) is 0.969. The topological polar surface area (TPSA) is 46.2 Å². The van der Waals surface area contributed by atoms with Crippen LogP contribution in [0.5, 0.6) is 0 Å². The molecule has 1 rings (SSSR count). The molecule has 0 aliphatic rings. The molecule has 0 aliphatic heterocycles. The normalized spacial score (nSPS) is 10.9. The molecule has 1 amide bonds. The quantitative estimate of drug-likeness (QED) is 0.769.